The van der Waals surface area contributed by atoms with Crippen molar-refractivity contribution in [3.8, 4) is 5.75 Å². The largest absolute Gasteiger partial charge is 0.495 e. The Morgan fingerprint density at radius 2 is 1.87 bits per heavy atom. The van der Waals surface area contributed by atoms with Gasteiger partial charge in [0, 0.05) is 6.04 Å². The molecule has 122 valence electrons. The van der Waals surface area contributed by atoms with E-state index in [1.54, 1.807) is 7.11 Å². The van der Waals surface area contributed by atoms with Crippen molar-refractivity contribution in [2.75, 3.05) is 12.4 Å². The molecule has 1 aromatic carbocycles. The van der Waals surface area contributed by atoms with E-state index < -0.39 is 0 Å². The maximum absolute atomic E-state index is 5.32. The van der Waals surface area contributed by atoms with Gasteiger partial charge in [-0.15, -0.1) is 0 Å². The number of hydrogen-bond acceptors (Lipinski definition) is 3. The van der Waals surface area contributed by atoms with Crippen LogP contribution in [0.25, 0.3) is 0 Å². The number of para-hydroxylation sites is 2. The summed E-state index contributed by atoms with van der Waals surface area (Å²) in [5.74, 6) is 2.03. The Bertz CT molecular complexity index is 634. The molecule has 5 nitrogen and oxygen atoms in total. The monoisotopic (exact) mass is 348 g/mol. The maximum atomic E-state index is 5.32. The van der Waals surface area contributed by atoms with Gasteiger partial charge in [0.15, 0.2) is 10.2 Å². The van der Waals surface area contributed by atoms with Gasteiger partial charge in [0.2, 0.25) is 0 Å². The number of benzene rings is 1. The number of hydrogen-bond donors (Lipinski definition) is 4. The Kier molecular flexibility index (Phi) is 4.97. The summed E-state index contributed by atoms with van der Waals surface area (Å²) in [7, 11) is 1.62. The van der Waals surface area contributed by atoms with E-state index in [0.29, 0.717) is 28.1 Å². The molecule has 1 fully saturated rings. The Hall–Kier alpha value is -1.86. The molecule has 2 aliphatic rings. The second kappa shape index (κ2) is 7.14. The van der Waals surface area contributed by atoms with Crippen molar-refractivity contribution < 1.29 is 4.74 Å². The SMILES string of the molecule is COc1ccccc1NC(=S)NNC(=S)N[C@@H]1C[C@H]2C=C[C@@H]1C2. The lowest BCUT2D eigenvalue weighted by molar-refractivity contribution is 0.417. The summed E-state index contributed by atoms with van der Waals surface area (Å²) < 4.78 is 5.27. The first-order valence-electron chi connectivity index (χ1n) is 7.60. The molecular formula is C16H20N4OS2. The van der Waals surface area contributed by atoms with E-state index in [-0.39, 0.29) is 0 Å². The third kappa shape index (κ3) is 3.92. The van der Waals surface area contributed by atoms with E-state index in [2.05, 4.69) is 33.6 Å². The van der Waals surface area contributed by atoms with Crippen LogP contribution < -0.4 is 26.2 Å². The molecule has 0 amide bonds. The van der Waals surface area contributed by atoms with Crippen molar-refractivity contribution in [3.63, 3.8) is 0 Å². The highest BCUT2D eigenvalue weighted by Crippen LogP contribution is 2.38. The van der Waals surface area contributed by atoms with Crippen LogP contribution in [0.5, 0.6) is 5.75 Å². The van der Waals surface area contributed by atoms with Crippen LogP contribution in [0, 0.1) is 11.8 Å². The molecule has 0 heterocycles. The predicted molar refractivity (Wildman–Crippen MR) is 100 cm³/mol. The summed E-state index contributed by atoms with van der Waals surface area (Å²) in [6, 6.07) is 8.00. The fraction of sp³-hybridized carbons (Fsp3) is 0.375. The fourth-order valence-electron chi connectivity index (χ4n) is 3.17. The summed E-state index contributed by atoms with van der Waals surface area (Å²) >= 11 is 10.6. The topological polar surface area (TPSA) is 57.4 Å². The van der Waals surface area contributed by atoms with Gasteiger partial charge in [0.05, 0.1) is 12.8 Å². The van der Waals surface area contributed by atoms with Gasteiger partial charge in [0.1, 0.15) is 5.75 Å². The summed E-state index contributed by atoms with van der Waals surface area (Å²) in [5.41, 5.74) is 6.62. The first-order chi connectivity index (χ1) is 11.2. The van der Waals surface area contributed by atoms with Crippen LogP contribution in [-0.4, -0.2) is 23.4 Å². The Morgan fingerprint density at radius 1 is 1.09 bits per heavy atom. The smallest absolute Gasteiger partial charge is 0.189 e. The molecule has 0 aromatic heterocycles. The zero-order valence-electron chi connectivity index (χ0n) is 12.8. The number of anilines is 1. The first-order valence-corrected chi connectivity index (χ1v) is 8.42. The number of nitrogens with one attached hydrogen (secondary N) is 4. The minimum atomic E-state index is 0.419. The van der Waals surface area contributed by atoms with Gasteiger partial charge in [-0.2, -0.15) is 0 Å². The summed E-state index contributed by atoms with van der Waals surface area (Å²) in [4.78, 5) is 0. The molecule has 7 heteroatoms. The molecule has 3 rings (SSSR count). The van der Waals surface area contributed by atoms with Crippen molar-refractivity contribution >= 4 is 40.3 Å². The van der Waals surface area contributed by atoms with Crippen molar-refractivity contribution in [3.05, 3.63) is 36.4 Å². The van der Waals surface area contributed by atoms with Gasteiger partial charge in [-0.1, -0.05) is 24.3 Å². The highest BCUT2D eigenvalue weighted by Gasteiger charge is 2.35. The molecule has 0 aliphatic heterocycles. The number of rotatable bonds is 3. The number of methoxy groups -OCH3 is 1. The molecule has 0 saturated heterocycles. The molecule has 0 spiro atoms. The van der Waals surface area contributed by atoms with Crippen LogP contribution in [0.3, 0.4) is 0 Å². The molecule has 1 aromatic rings. The molecule has 2 aliphatic carbocycles. The van der Waals surface area contributed by atoms with E-state index in [9.17, 15) is 0 Å². The minimum absolute atomic E-state index is 0.419. The van der Waals surface area contributed by atoms with Crippen LogP contribution in [0.4, 0.5) is 5.69 Å². The lowest BCUT2D eigenvalue weighted by Crippen LogP contribution is -2.51. The van der Waals surface area contributed by atoms with Crippen molar-refractivity contribution in [2.24, 2.45) is 11.8 Å². The highest BCUT2D eigenvalue weighted by molar-refractivity contribution is 7.80. The van der Waals surface area contributed by atoms with Crippen molar-refractivity contribution in [2.45, 2.75) is 18.9 Å². The van der Waals surface area contributed by atoms with E-state index in [1.165, 1.54) is 6.42 Å². The third-order valence-corrected chi connectivity index (χ3v) is 4.66. The Balaban J connectivity index is 1.43. The standard InChI is InChI=1S/C16H20N4OS2/c1-21-14-5-3-2-4-12(14)17-15(22)19-20-16(23)18-13-9-10-6-7-11(13)8-10/h2-7,10-11,13H,8-9H2,1H3,(H2,17,19,22)(H2,18,20,23)/t10-,11+,13+/m0/s1. The number of hydrazine groups is 1. The van der Waals surface area contributed by atoms with E-state index in [0.717, 1.165) is 17.9 Å². The van der Waals surface area contributed by atoms with Gasteiger partial charge in [-0.05, 0) is 61.2 Å². The quantitative estimate of drug-likeness (QED) is 0.380. The van der Waals surface area contributed by atoms with Crippen LogP contribution in [0.15, 0.2) is 36.4 Å². The Morgan fingerprint density at radius 3 is 2.57 bits per heavy atom. The van der Waals surface area contributed by atoms with Gasteiger partial charge in [-0.3, -0.25) is 10.9 Å². The lowest BCUT2D eigenvalue weighted by Gasteiger charge is -2.22. The van der Waals surface area contributed by atoms with Gasteiger partial charge < -0.3 is 15.4 Å². The van der Waals surface area contributed by atoms with Crippen LogP contribution in [0.1, 0.15) is 12.8 Å². The number of fused-ring (bicyclic) bond motifs is 2. The van der Waals surface area contributed by atoms with Gasteiger partial charge >= 0.3 is 0 Å². The molecule has 3 atom stereocenters. The Labute approximate surface area is 146 Å². The molecule has 23 heavy (non-hydrogen) atoms. The van der Waals surface area contributed by atoms with Gasteiger partial charge in [0.25, 0.3) is 0 Å². The van der Waals surface area contributed by atoms with Gasteiger partial charge in [-0.25, -0.2) is 0 Å². The minimum Gasteiger partial charge on any atom is -0.495 e. The zero-order valence-corrected chi connectivity index (χ0v) is 14.5. The molecule has 2 bridgehead atoms. The maximum Gasteiger partial charge on any atom is 0.189 e. The molecule has 1 saturated carbocycles. The normalized spacial score (nSPS) is 24.1. The van der Waals surface area contributed by atoms with E-state index in [4.69, 9.17) is 29.2 Å². The number of ether oxygens (including phenoxy) is 1. The molecule has 0 unspecified atom stereocenters. The molecule has 4 N–H and O–H groups in total. The van der Waals surface area contributed by atoms with Crippen LogP contribution >= 0.6 is 24.4 Å². The zero-order chi connectivity index (χ0) is 16.2. The molecular weight excluding hydrogens is 328 g/mol. The van der Waals surface area contributed by atoms with Crippen molar-refractivity contribution in [1.29, 1.82) is 0 Å². The number of allylic oxidation sites excluding steroid dienone is 1. The lowest BCUT2D eigenvalue weighted by atomic mass is 10.0. The second-order valence-electron chi connectivity index (χ2n) is 5.76. The molecule has 0 radical (unpaired) electrons. The highest BCUT2D eigenvalue weighted by atomic mass is 32.1. The number of thiocarbonyl (C=S) groups is 2. The predicted octanol–water partition coefficient (Wildman–Crippen LogP) is 2.33. The van der Waals surface area contributed by atoms with E-state index in [1.807, 2.05) is 24.3 Å². The average molecular weight is 348 g/mol. The van der Waals surface area contributed by atoms with E-state index >= 15 is 0 Å². The van der Waals surface area contributed by atoms with Crippen LogP contribution in [-0.2, 0) is 0 Å². The summed E-state index contributed by atoms with van der Waals surface area (Å²) in [5, 5.41) is 7.40. The summed E-state index contributed by atoms with van der Waals surface area (Å²) in [6.45, 7) is 0. The van der Waals surface area contributed by atoms with Crippen LogP contribution in [0.2, 0.25) is 0 Å². The summed E-state index contributed by atoms with van der Waals surface area (Å²) in [6.07, 6.45) is 6.98. The van der Waals surface area contributed by atoms with Crippen molar-refractivity contribution in [1.82, 2.24) is 16.2 Å². The second-order valence-corrected chi connectivity index (χ2v) is 6.58. The first kappa shape index (κ1) is 16.0. The average Bonchev–Trinajstić information content (AvgIpc) is 3.16. The fourth-order valence-corrected chi connectivity index (χ4v) is 3.53. The third-order valence-electron chi connectivity index (χ3n) is 4.24.